The highest BCUT2D eigenvalue weighted by molar-refractivity contribution is 7.83. The van der Waals surface area contributed by atoms with Crippen molar-refractivity contribution in [1.29, 1.82) is 0 Å². The predicted molar refractivity (Wildman–Crippen MR) is 133 cm³/mol. The van der Waals surface area contributed by atoms with Crippen molar-refractivity contribution in [2.75, 3.05) is 7.11 Å². The molecule has 3 atom stereocenters. The summed E-state index contributed by atoms with van der Waals surface area (Å²) in [5.41, 5.74) is 2.82. The van der Waals surface area contributed by atoms with Crippen molar-refractivity contribution in [3.63, 3.8) is 0 Å². The number of hydrogen-bond acceptors (Lipinski definition) is 9. The van der Waals surface area contributed by atoms with E-state index in [4.69, 9.17) is 9.26 Å². The van der Waals surface area contributed by atoms with Gasteiger partial charge in [-0.05, 0) is 25.0 Å². The summed E-state index contributed by atoms with van der Waals surface area (Å²) < 4.78 is 23.3. The second kappa shape index (κ2) is 10.7. The minimum Gasteiger partial charge on any atom is -0.468 e. The number of aromatic nitrogens is 2. The SMILES string of the molecule is COC(=O)C1C(C)=NC(C)=C(c2nc(CS(=O)Cc3ccccc3)no2)C1c1cccc([N+](=O)[O-])c1. The molecular weight excluding hydrogens is 484 g/mol. The number of nitro groups is 1. The molecule has 2 aromatic carbocycles. The average molecular weight is 509 g/mol. The lowest BCUT2D eigenvalue weighted by Crippen LogP contribution is -2.33. The molecule has 3 unspecified atom stereocenters. The summed E-state index contributed by atoms with van der Waals surface area (Å²) in [5, 5.41) is 15.4. The van der Waals surface area contributed by atoms with Crippen LogP contribution in [0, 0.1) is 16.0 Å². The summed E-state index contributed by atoms with van der Waals surface area (Å²) in [4.78, 5) is 32.7. The smallest absolute Gasteiger partial charge is 0.315 e. The van der Waals surface area contributed by atoms with Gasteiger partial charge >= 0.3 is 5.97 Å². The number of aliphatic imine (C=N–C) groups is 1. The Kier molecular flexibility index (Phi) is 7.49. The maximum Gasteiger partial charge on any atom is 0.315 e. The Morgan fingerprint density at radius 2 is 1.89 bits per heavy atom. The largest absolute Gasteiger partial charge is 0.468 e. The number of non-ortho nitro benzene ring substituents is 1. The van der Waals surface area contributed by atoms with Crippen LogP contribution in [0.1, 0.15) is 42.6 Å². The Morgan fingerprint density at radius 1 is 1.14 bits per heavy atom. The predicted octanol–water partition coefficient (Wildman–Crippen LogP) is 4.21. The zero-order valence-electron chi connectivity index (χ0n) is 19.9. The van der Waals surface area contributed by atoms with Crippen LogP contribution in [-0.2, 0) is 31.8 Å². The van der Waals surface area contributed by atoms with Gasteiger partial charge in [0.15, 0.2) is 5.82 Å². The summed E-state index contributed by atoms with van der Waals surface area (Å²) >= 11 is 0. The van der Waals surface area contributed by atoms with Gasteiger partial charge in [-0.15, -0.1) is 0 Å². The van der Waals surface area contributed by atoms with Gasteiger partial charge in [-0.25, -0.2) is 0 Å². The molecule has 4 rings (SSSR count). The highest BCUT2D eigenvalue weighted by Gasteiger charge is 2.42. The van der Waals surface area contributed by atoms with Crippen molar-refractivity contribution in [2.24, 2.45) is 10.9 Å². The first-order valence-electron chi connectivity index (χ1n) is 11.1. The molecule has 0 saturated carbocycles. The fourth-order valence-electron chi connectivity index (χ4n) is 4.32. The number of nitro benzene ring substituents is 1. The van der Waals surface area contributed by atoms with Crippen molar-refractivity contribution in [3.8, 4) is 0 Å². The monoisotopic (exact) mass is 508 g/mol. The Labute approximate surface area is 209 Å². The van der Waals surface area contributed by atoms with Crippen LogP contribution >= 0.6 is 0 Å². The number of hydrogen-bond donors (Lipinski definition) is 0. The molecule has 186 valence electrons. The number of ether oxygens (including phenoxy) is 1. The summed E-state index contributed by atoms with van der Waals surface area (Å²) in [6.07, 6.45) is 0. The van der Waals surface area contributed by atoms with Crippen LogP contribution in [0.5, 0.6) is 0 Å². The third-order valence-electron chi connectivity index (χ3n) is 5.88. The lowest BCUT2D eigenvalue weighted by molar-refractivity contribution is -0.384. The van der Waals surface area contributed by atoms with Crippen LogP contribution in [-0.4, -0.2) is 38.1 Å². The maximum absolute atomic E-state index is 12.8. The molecule has 0 saturated heterocycles. The molecule has 10 nitrogen and oxygen atoms in total. The molecule has 0 radical (unpaired) electrons. The maximum atomic E-state index is 12.8. The molecule has 0 fully saturated rings. The number of esters is 1. The number of carbonyl (C=O) groups excluding carboxylic acids is 1. The number of nitrogens with zero attached hydrogens (tertiary/aromatic N) is 4. The van der Waals surface area contributed by atoms with E-state index in [0.29, 0.717) is 28.3 Å². The first-order valence-corrected chi connectivity index (χ1v) is 12.6. The minimum atomic E-state index is -1.27. The Hall–Kier alpha value is -3.99. The van der Waals surface area contributed by atoms with Crippen molar-refractivity contribution in [2.45, 2.75) is 31.3 Å². The third kappa shape index (κ3) is 5.30. The van der Waals surface area contributed by atoms with Gasteiger partial charge in [0.2, 0.25) is 0 Å². The summed E-state index contributed by atoms with van der Waals surface area (Å²) in [5.74, 6) is -1.32. The first kappa shape index (κ1) is 25.1. The van der Waals surface area contributed by atoms with Crippen LogP contribution in [0.2, 0.25) is 0 Å². The second-order valence-electron chi connectivity index (χ2n) is 8.31. The van der Waals surface area contributed by atoms with E-state index in [1.165, 1.54) is 19.2 Å². The zero-order valence-corrected chi connectivity index (χ0v) is 20.7. The van der Waals surface area contributed by atoms with E-state index >= 15 is 0 Å². The molecule has 0 bridgehead atoms. The van der Waals surface area contributed by atoms with Gasteiger partial charge in [-0.1, -0.05) is 47.6 Å². The van der Waals surface area contributed by atoms with Gasteiger partial charge in [-0.3, -0.25) is 24.1 Å². The minimum absolute atomic E-state index is 0.0783. The summed E-state index contributed by atoms with van der Waals surface area (Å²) in [7, 11) is 0.00102. The van der Waals surface area contributed by atoms with Gasteiger partial charge in [0.05, 0.1) is 17.8 Å². The Balaban J connectivity index is 1.71. The van der Waals surface area contributed by atoms with Crippen molar-refractivity contribution < 1.29 is 23.2 Å². The lowest BCUT2D eigenvalue weighted by atomic mass is 9.75. The molecule has 0 aliphatic carbocycles. The van der Waals surface area contributed by atoms with E-state index in [9.17, 15) is 19.1 Å². The molecule has 1 aliphatic rings. The van der Waals surface area contributed by atoms with Gasteiger partial charge in [0.25, 0.3) is 11.6 Å². The fraction of sp³-hybridized carbons (Fsp3) is 0.280. The van der Waals surface area contributed by atoms with Crippen LogP contribution in [0.3, 0.4) is 0 Å². The van der Waals surface area contributed by atoms with Gasteiger partial charge in [0.1, 0.15) is 5.92 Å². The van der Waals surface area contributed by atoms with E-state index in [0.717, 1.165) is 5.56 Å². The van der Waals surface area contributed by atoms with Crippen LogP contribution in [0.15, 0.2) is 69.8 Å². The van der Waals surface area contributed by atoms with Gasteiger partial charge in [-0.2, -0.15) is 4.98 Å². The number of allylic oxidation sites excluding steroid dienone is 2. The summed E-state index contributed by atoms with van der Waals surface area (Å²) in [6, 6.07) is 15.5. The molecule has 0 amide bonds. The molecule has 2 heterocycles. The lowest BCUT2D eigenvalue weighted by Gasteiger charge is -2.30. The topological polar surface area (TPSA) is 138 Å². The molecular formula is C25H24N4O6S. The van der Waals surface area contributed by atoms with E-state index in [2.05, 4.69) is 15.1 Å². The van der Waals surface area contributed by atoms with Gasteiger partial charge < -0.3 is 9.26 Å². The van der Waals surface area contributed by atoms with Crippen LogP contribution in [0.4, 0.5) is 5.69 Å². The highest BCUT2D eigenvalue weighted by atomic mass is 32.2. The molecule has 36 heavy (non-hydrogen) atoms. The molecule has 11 heteroatoms. The van der Waals surface area contributed by atoms with Crippen LogP contribution in [0.25, 0.3) is 5.57 Å². The van der Waals surface area contributed by atoms with E-state index in [-0.39, 0.29) is 23.2 Å². The van der Waals surface area contributed by atoms with Gasteiger partial charge in [0, 0.05) is 51.6 Å². The Morgan fingerprint density at radius 3 is 2.58 bits per heavy atom. The Bertz CT molecular complexity index is 1380. The summed E-state index contributed by atoms with van der Waals surface area (Å²) in [6.45, 7) is 3.45. The normalized spacial score (nSPS) is 18.5. The molecule has 3 aromatic rings. The quantitative estimate of drug-likeness (QED) is 0.251. The first-order chi connectivity index (χ1) is 17.3. The molecule has 0 N–H and O–H groups in total. The average Bonchev–Trinajstić information content (AvgIpc) is 3.31. The van der Waals surface area contributed by atoms with E-state index in [1.807, 2.05) is 30.3 Å². The van der Waals surface area contributed by atoms with E-state index < -0.39 is 33.5 Å². The number of methoxy groups -OCH3 is 1. The van der Waals surface area contributed by atoms with Crippen LogP contribution < -0.4 is 0 Å². The van der Waals surface area contributed by atoms with Crippen molar-refractivity contribution in [3.05, 3.63) is 93.3 Å². The molecule has 1 aliphatic heterocycles. The highest BCUT2D eigenvalue weighted by Crippen LogP contribution is 2.44. The van der Waals surface area contributed by atoms with Crippen molar-refractivity contribution >= 4 is 33.7 Å². The third-order valence-corrected chi connectivity index (χ3v) is 7.12. The standard InChI is InChI=1S/C25H24N4O6S/c1-15-21(24-27-20(28-35-24)14-36(33)13-17-8-5-4-6-9-17)23(22(16(2)26-15)25(30)34-3)18-10-7-11-19(12-18)29(31)32/h4-12,22-23H,13-14H2,1-3H3. The molecule has 0 spiro atoms. The van der Waals surface area contributed by atoms with E-state index in [1.54, 1.807) is 26.0 Å². The number of benzene rings is 2. The fourth-order valence-corrected chi connectivity index (χ4v) is 5.39. The van der Waals surface area contributed by atoms with Crippen molar-refractivity contribution in [1.82, 2.24) is 10.1 Å². The number of carbonyl (C=O) groups is 1. The zero-order chi connectivity index (χ0) is 25.8. The second-order valence-corrected chi connectivity index (χ2v) is 9.77. The number of rotatable bonds is 8. The molecule has 1 aromatic heterocycles.